The quantitative estimate of drug-likeness (QED) is 0.320. The molecule has 0 radical (unpaired) electrons. The summed E-state index contributed by atoms with van der Waals surface area (Å²) < 4.78 is 0. The highest BCUT2D eigenvalue weighted by atomic mass is 16.5. The summed E-state index contributed by atoms with van der Waals surface area (Å²) in [5.41, 5.74) is 15.7. The summed E-state index contributed by atoms with van der Waals surface area (Å²) >= 11 is 0. The van der Waals surface area contributed by atoms with Gasteiger partial charge in [0, 0.05) is 35.8 Å². The van der Waals surface area contributed by atoms with E-state index in [9.17, 15) is 9.59 Å². The molecule has 0 heterocycles. The second-order valence-corrected chi connectivity index (χ2v) is 6.88. The Morgan fingerprint density at radius 3 is 1.97 bits per heavy atom. The van der Waals surface area contributed by atoms with Gasteiger partial charge >= 0.3 is 0 Å². The Kier molecular flexibility index (Phi) is 7.92. The third-order valence-corrected chi connectivity index (χ3v) is 4.54. The summed E-state index contributed by atoms with van der Waals surface area (Å²) in [5.74, 6) is 5.13. The molecule has 152 valence electrons. The molecule has 7 nitrogen and oxygen atoms in total. The molecule has 0 aliphatic carbocycles. The lowest BCUT2D eigenvalue weighted by Crippen LogP contribution is -2.52. The number of carbonyl (C=O) groups is 2. The zero-order chi connectivity index (χ0) is 21.4. The second-order valence-electron chi connectivity index (χ2n) is 6.88. The third kappa shape index (κ3) is 6.16. The number of carbonyl (C=O) groups excluding carboxylic acids is 2. The first-order valence-corrected chi connectivity index (χ1v) is 9.26. The number of rotatable bonds is 7. The highest BCUT2D eigenvalue weighted by Gasteiger charge is 2.26. The highest BCUT2D eigenvalue weighted by molar-refractivity contribution is 5.92. The molecule has 0 unspecified atom stereocenters. The second kappa shape index (κ2) is 10.4. The van der Waals surface area contributed by atoms with Gasteiger partial charge in [-0.05, 0) is 55.8 Å². The number of hydrogen-bond acceptors (Lipinski definition) is 5. The van der Waals surface area contributed by atoms with Crippen molar-refractivity contribution in [3.05, 3.63) is 70.8 Å². The van der Waals surface area contributed by atoms with E-state index in [1.807, 2.05) is 43.0 Å². The lowest BCUT2D eigenvalue weighted by Gasteiger charge is -2.32. The zero-order valence-electron chi connectivity index (χ0n) is 16.6. The first kappa shape index (κ1) is 22.1. The lowest BCUT2D eigenvalue weighted by molar-refractivity contribution is -0.135. The number of nitrogens with one attached hydrogen (secondary N) is 1. The van der Waals surface area contributed by atoms with Gasteiger partial charge in [0.25, 0.3) is 5.91 Å². The van der Waals surface area contributed by atoms with Gasteiger partial charge in [-0.15, -0.1) is 0 Å². The van der Waals surface area contributed by atoms with E-state index in [0.29, 0.717) is 12.1 Å². The number of amides is 2. The Labute approximate surface area is 170 Å². The predicted molar refractivity (Wildman–Crippen MR) is 111 cm³/mol. The molecule has 29 heavy (non-hydrogen) atoms. The van der Waals surface area contributed by atoms with Crippen molar-refractivity contribution in [3.63, 3.8) is 0 Å². The summed E-state index contributed by atoms with van der Waals surface area (Å²) in [7, 11) is 0. The van der Waals surface area contributed by atoms with Crippen molar-refractivity contribution in [1.29, 1.82) is 0 Å². The first-order valence-electron chi connectivity index (χ1n) is 9.26. The van der Waals surface area contributed by atoms with Crippen molar-refractivity contribution in [2.45, 2.75) is 32.5 Å². The molecule has 2 rings (SSSR count). The molecule has 2 amide bonds. The van der Waals surface area contributed by atoms with Crippen LogP contribution in [0.15, 0.2) is 48.5 Å². The minimum Gasteiger partial charge on any atom is -0.366 e. The smallest absolute Gasteiger partial charge is 0.262 e. The van der Waals surface area contributed by atoms with Crippen LogP contribution in [-0.4, -0.2) is 40.5 Å². The summed E-state index contributed by atoms with van der Waals surface area (Å²) in [6.07, 6.45) is 0. The Morgan fingerprint density at radius 1 is 1.03 bits per heavy atom. The van der Waals surface area contributed by atoms with Crippen LogP contribution in [0.1, 0.15) is 40.9 Å². The number of hydroxylamine groups is 1. The molecule has 2 aromatic rings. The molecule has 6 N–H and O–H groups in total. The molecule has 0 aromatic heterocycles. The van der Waals surface area contributed by atoms with Gasteiger partial charge in [-0.3, -0.25) is 19.7 Å². The van der Waals surface area contributed by atoms with E-state index in [1.165, 1.54) is 0 Å². The SMILES string of the molecule is CC(C)N(Cc1ccc(C#Cc2ccc(C(N)=O)cc2)cc1)[C@@H](CN)C(=O)NO. The van der Waals surface area contributed by atoms with Crippen LogP contribution in [0.4, 0.5) is 0 Å². The van der Waals surface area contributed by atoms with Gasteiger partial charge in [0.1, 0.15) is 6.04 Å². The normalized spacial score (nSPS) is 11.7. The fraction of sp³-hybridized carbons (Fsp3) is 0.273. The molecular weight excluding hydrogens is 368 g/mol. The molecule has 0 saturated heterocycles. The van der Waals surface area contributed by atoms with Crippen LogP contribution < -0.4 is 16.9 Å². The van der Waals surface area contributed by atoms with Crippen LogP contribution in [0.25, 0.3) is 0 Å². The van der Waals surface area contributed by atoms with Crippen molar-refractivity contribution < 1.29 is 14.8 Å². The largest absolute Gasteiger partial charge is 0.366 e. The van der Waals surface area contributed by atoms with Crippen molar-refractivity contribution in [3.8, 4) is 11.8 Å². The van der Waals surface area contributed by atoms with E-state index in [0.717, 1.165) is 16.7 Å². The minimum absolute atomic E-state index is 0.0590. The fourth-order valence-corrected chi connectivity index (χ4v) is 2.89. The summed E-state index contributed by atoms with van der Waals surface area (Å²) in [4.78, 5) is 24.9. The van der Waals surface area contributed by atoms with Crippen molar-refractivity contribution in [1.82, 2.24) is 10.4 Å². The van der Waals surface area contributed by atoms with E-state index in [2.05, 4.69) is 11.8 Å². The number of benzene rings is 2. The Morgan fingerprint density at radius 2 is 1.55 bits per heavy atom. The Hall–Kier alpha value is -3.18. The number of primary amides is 1. The van der Waals surface area contributed by atoms with Gasteiger partial charge in [-0.25, -0.2) is 5.48 Å². The minimum atomic E-state index is -0.622. The molecule has 2 aromatic carbocycles. The van der Waals surface area contributed by atoms with Crippen LogP contribution in [0, 0.1) is 11.8 Å². The fourth-order valence-electron chi connectivity index (χ4n) is 2.89. The van der Waals surface area contributed by atoms with Crippen LogP contribution in [0.3, 0.4) is 0 Å². The highest BCUT2D eigenvalue weighted by Crippen LogP contribution is 2.13. The molecule has 0 saturated carbocycles. The number of hydrogen-bond donors (Lipinski definition) is 4. The van der Waals surface area contributed by atoms with Crippen LogP contribution >= 0.6 is 0 Å². The van der Waals surface area contributed by atoms with Gasteiger partial charge in [-0.2, -0.15) is 0 Å². The van der Waals surface area contributed by atoms with Crippen molar-refractivity contribution >= 4 is 11.8 Å². The molecule has 0 fully saturated rings. The zero-order valence-corrected chi connectivity index (χ0v) is 16.6. The van der Waals surface area contributed by atoms with Gasteiger partial charge < -0.3 is 11.5 Å². The molecule has 0 bridgehead atoms. The molecule has 1 atom stereocenters. The van der Waals surface area contributed by atoms with E-state index >= 15 is 0 Å². The molecular formula is C22H26N4O3. The average molecular weight is 394 g/mol. The van der Waals surface area contributed by atoms with Crippen molar-refractivity contribution in [2.75, 3.05) is 6.54 Å². The van der Waals surface area contributed by atoms with Crippen LogP contribution in [0.2, 0.25) is 0 Å². The summed E-state index contributed by atoms with van der Waals surface area (Å²) in [6.45, 7) is 4.55. The molecule has 7 heteroatoms. The predicted octanol–water partition coefficient (Wildman–Crippen LogP) is 1.23. The maximum atomic E-state index is 11.9. The maximum Gasteiger partial charge on any atom is 0.262 e. The Bertz CT molecular complexity index is 896. The van der Waals surface area contributed by atoms with E-state index in [1.54, 1.807) is 29.7 Å². The lowest BCUT2D eigenvalue weighted by atomic mass is 10.1. The maximum absolute atomic E-state index is 11.9. The number of nitrogens with zero attached hydrogens (tertiary/aromatic N) is 1. The number of nitrogens with two attached hydrogens (primary N) is 2. The summed E-state index contributed by atoms with van der Waals surface area (Å²) in [5, 5.41) is 8.94. The standard InChI is InChI=1S/C22H26N4O3/c1-15(2)26(20(13-23)22(28)25-29)14-18-7-5-16(6-8-18)3-4-17-9-11-19(12-10-17)21(24)27/h5-12,15,20,29H,13-14,23H2,1-2H3,(H2,24,27)(H,25,28)/t20-/m0/s1. The molecule has 0 aliphatic rings. The van der Waals surface area contributed by atoms with Gasteiger partial charge in [0.2, 0.25) is 5.91 Å². The van der Waals surface area contributed by atoms with Gasteiger partial charge in [0.15, 0.2) is 0 Å². The topological polar surface area (TPSA) is 122 Å². The molecule has 0 spiro atoms. The van der Waals surface area contributed by atoms with E-state index in [4.69, 9.17) is 16.7 Å². The monoisotopic (exact) mass is 394 g/mol. The average Bonchev–Trinajstić information content (AvgIpc) is 2.72. The van der Waals surface area contributed by atoms with Crippen LogP contribution in [0.5, 0.6) is 0 Å². The van der Waals surface area contributed by atoms with Gasteiger partial charge in [-0.1, -0.05) is 24.0 Å². The van der Waals surface area contributed by atoms with Crippen molar-refractivity contribution in [2.24, 2.45) is 11.5 Å². The van der Waals surface area contributed by atoms with E-state index < -0.39 is 17.9 Å². The van der Waals surface area contributed by atoms with Crippen LogP contribution in [-0.2, 0) is 11.3 Å². The Balaban J connectivity index is 2.11. The third-order valence-electron chi connectivity index (χ3n) is 4.54. The summed E-state index contributed by atoms with van der Waals surface area (Å²) in [6, 6.07) is 13.9. The van der Waals surface area contributed by atoms with Gasteiger partial charge in [0.05, 0.1) is 0 Å². The van der Waals surface area contributed by atoms with E-state index in [-0.39, 0.29) is 12.6 Å². The molecule has 0 aliphatic heterocycles. The first-order chi connectivity index (χ1) is 13.8.